The predicted octanol–water partition coefficient (Wildman–Crippen LogP) is 0.533. The lowest BCUT2D eigenvalue weighted by Crippen LogP contribution is -2.25. The molecule has 0 aliphatic carbocycles. The summed E-state index contributed by atoms with van der Waals surface area (Å²) in [6.07, 6.45) is 4.84. The number of aromatic nitrogens is 4. The molecular weight excluding hydrogens is 214 g/mol. The van der Waals surface area contributed by atoms with Crippen molar-refractivity contribution in [1.29, 1.82) is 0 Å². The Balaban J connectivity index is 2.03. The van der Waals surface area contributed by atoms with E-state index >= 15 is 0 Å². The van der Waals surface area contributed by atoms with Gasteiger partial charge in [-0.05, 0) is 11.5 Å². The van der Waals surface area contributed by atoms with Crippen LogP contribution in [0.4, 0.5) is 0 Å². The Morgan fingerprint density at radius 3 is 3.13 bits per heavy atom. The van der Waals surface area contributed by atoms with Crippen molar-refractivity contribution in [3.63, 3.8) is 0 Å². The third kappa shape index (κ3) is 2.18. The lowest BCUT2D eigenvalue weighted by molar-refractivity contribution is 0.0786. The summed E-state index contributed by atoms with van der Waals surface area (Å²) in [6.45, 7) is 0.448. The van der Waals surface area contributed by atoms with Crippen LogP contribution in [0.5, 0.6) is 0 Å². The highest BCUT2D eigenvalue weighted by Crippen LogP contribution is 2.07. The van der Waals surface area contributed by atoms with Crippen LogP contribution >= 0.6 is 11.5 Å². The van der Waals surface area contributed by atoms with Gasteiger partial charge in [-0.2, -0.15) is 0 Å². The molecule has 2 aromatic heterocycles. The van der Waals surface area contributed by atoms with Crippen LogP contribution in [0.2, 0.25) is 0 Å². The van der Waals surface area contributed by atoms with E-state index in [2.05, 4.69) is 19.6 Å². The predicted molar refractivity (Wildman–Crippen MR) is 54.3 cm³/mol. The quantitative estimate of drug-likeness (QED) is 0.823. The van der Waals surface area contributed by atoms with E-state index in [1.54, 1.807) is 24.3 Å². The first-order valence-electron chi connectivity index (χ1n) is 4.28. The average Bonchev–Trinajstić information content (AvgIpc) is 2.88. The van der Waals surface area contributed by atoms with E-state index in [-0.39, 0.29) is 5.91 Å². The van der Waals surface area contributed by atoms with Crippen molar-refractivity contribution < 1.29 is 4.79 Å². The van der Waals surface area contributed by atoms with Crippen molar-refractivity contribution in [2.45, 2.75) is 6.54 Å². The SMILES string of the molecule is CN(Cc1ncc[nH]1)C(=O)c1cnns1. The highest BCUT2D eigenvalue weighted by atomic mass is 32.1. The fraction of sp³-hybridized carbons (Fsp3) is 0.250. The van der Waals surface area contributed by atoms with Gasteiger partial charge in [-0.3, -0.25) is 4.79 Å². The molecule has 0 saturated carbocycles. The summed E-state index contributed by atoms with van der Waals surface area (Å²) in [4.78, 5) is 20.8. The van der Waals surface area contributed by atoms with Crippen LogP contribution in [0.3, 0.4) is 0 Å². The number of rotatable bonds is 3. The van der Waals surface area contributed by atoms with E-state index < -0.39 is 0 Å². The number of hydrogen-bond donors (Lipinski definition) is 1. The third-order valence-electron chi connectivity index (χ3n) is 1.86. The number of H-pyrrole nitrogens is 1. The van der Waals surface area contributed by atoms with Crippen LogP contribution in [0.1, 0.15) is 15.5 Å². The van der Waals surface area contributed by atoms with Gasteiger partial charge in [0.15, 0.2) is 0 Å². The molecule has 0 saturated heterocycles. The maximum Gasteiger partial charge on any atom is 0.267 e. The molecule has 6 nitrogen and oxygen atoms in total. The number of carbonyl (C=O) groups is 1. The van der Waals surface area contributed by atoms with Crippen LogP contribution in [0.25, 0.3) is 0 Å². The monoisotopic (exact) mass is 223 g/mol. The van der Waals surface area contributed by atoms with Crippen LogP contribution in [-0.2, 0) is 6.54 Å². The first-order valence-corrected chi connectivity index (χ1v) is 5.06. The molecule has 0 radical (unpaired) electrons. The van der Waals surface area contributed by atoms with Gasteiger partial charge in [0.2, 0.25) is 0 Å². The Labute approximate surface area is 90.1 Å². The summed E-state index contributed by atoms with van der Waals surface area (Å²) in [5.74, 6) is 0.657. The van der Waals surface area contributed by atoms with Crippen molar-refractivity contribution in [3.8, 4) is 0 Å². The zero-order valence-corrected chi connectivity index (χ0v) is 8.86. The summed E-state index contributed by atoms with van der Waals surface area (Å²) in [5.41, 5.74) is 0. The van der Waals surface area contributed by atoms with Gasteiger partial charge in [0.25, 0.3) is 5.91 Å². The number of carbonyl (C=O) groups excluding carboxylic acids is 1. The van der Waals surface area contributed by atoms with Gasteiger partial charge in [-0.15, -0.1) is 5.10 Å². The molecule has 0 aliphatic heterocycles. The molecule has 0 bridgehead atoms. The maximum atomic E-state index is 11.7. The number of nitrogens with zero attached hydrogens (tertiary/aromatic N) is 4. The zero-order valence-electron chi connectivity index (χ0n) is 8.04. The molecule has 2 rings (SSSR count). The van der Waals surface area contributed by atoms with Crippen LogP contribution in [0, 0.1) is 0 Å². The highest BCUT2D eigenvalue weighted by molar-refractivity contribution is 7.07. The van der Waals surface area contributed by atoms with Gasteiger partial charge >= 0.3 is 0 Å². The number of aromatic amines is 1. The van der Waals surface area contributed by atoms with E-state index in [1.165, 1.54) is 6.20 Å². The van der Waals surface area contributed by atoms with Gasteiger partial charge in [0.1, 0.15) is 10.7 Å². The first-order chi connectivity index (χ1) is 7.27. The summed E-state index contributed by atoms with van der Waals surface area (Å²) in [7, 11) is 1.71. The molecule has 0 spiro atoms. The molecule has 0 atom stereocenters. The van der Waals surface area contributed by atoms with Gasteiger partial charge < -0.3 is 9.88 Å². The second-order valence-corrected chi connectivity index (χ2v) is 3.76. The third-order valence-corrected chi connectivity index (χ3v) is 2.51. The second-order valence-electron chi connectivity index (χ2n) is 2.98. The van der Waals surface area contributed by atoms with E-state index in [9.17, 15) is 4.79 Å². The number of amides is 1. The van der Waals surface area contributed by atoms with Crippen molar-refractivity contribution >= 4 is 17.4 Å². The minimum Gasteiger partial charge on any atom is -0.347 e. The van der Waals surface area contributed by atoms with Crippen LogP contribution < -0.4 is 0 Å². The zero-order chi connectivity index (χ0) is 10.7. The molecule has 2 aromatic rings. The molecule has 0 aromatic carbocycles. The smallest absolute Gasteiger partial charge is 0.267 e. The average molecular weight is 223 g/mol. The van der Waals surface area contributed by atoms with Crippen molar-refractivity contribution in [3.05, 3.63) is 29.3 Å². The molecule has 0 aliphatic rings. The topological polar surface area (TPSA) is 74.8 Å². The van der Waals surface area contributed by atoms with Gasteiger partial charge in [-0.25, -0.2) is 4.98 Å². The molecule has 0 fully saturated rings. The minimum absolute atomic E-state index is 0.0959. The molecule has 1 N–H and O–H groups in total. The molecule has 15 heavy (non-hydrogen) atoms. The molecular formula is C8H9N5OS. The molecule has 1 amide bonds. The fourth-order valence-electron chi connectivity index (χ4n) is 1.13. The van der Waals surface area contributed by atoms with E-state index in [0.717, 1.165) is 17.4 Å². The Kier molecular flexibility index (Phi) is 2.72. The lowest BCUT2D eigenvalue weighted by atomic mass is 10.4. The summed E-state index contributed by atoms with van der Waals surface area (Å²) < 4.78 is 3.64. The second kappa shape index (κ2) is 4.18. The fourth-order valence-corrected chi connectivity index (χ4v) is 1.64. The Bertz CT molecular complexity index is 424. The Morgan fingerprint density at radius 1 is 1.67 bits per heavy atom. The Hall–Kier alpha value is -1.76. The summed E-state index contributed by atoms with van der Waals surface area (Å²) in [5, 5.41) is 3.62. The lowest BCUT2D eigenvalue weighted by Gasteiger charge is -2.13. The standard InChI is InChI=1S/C8H9N5OS/c1-13(5-7-9-2-3-10-7)8(14)6-4-11-12-15-6/h2-4H,5H2,1H3,(H,9,10). The molecule has 7 heteroatoms. The largest absolute Gasteiger partial charge is 0.347 e. The van der Waals surface area contributed by atoms with Gasteiger partial charge in [0.05, 0.1) is 12.7 Å². The van der Waals surface area contributed by atoms with Crippen LogP contribution in [-0.4, -0.2) is 37.4 Å². The summed E-state index contributed by atoms with van der Waals surface area (Å²) in [6, 6.07) is 0. The maximum absolute atomic E-state index is 11.7. The highest BCUT2D eigenvalue weighted by Gasteiger charge is 2.14. The minimum atomic E-state index is -0.0959. The van der Waals surface area contributed by atoms with Crippen molar-refractivity contribution in [1.82, 2.24) is 24.5 Å². The van der Waals surface area contributed by atoms with Gasteiger partial charge in [0, 0.05) is 19.4 Å². The Morgan fingerprint density at radius 2 is 2.53 bits per heavy atom. The van der Waals surface area contributed by atoms with Crippen LogP contribution in [0.15, 0.2) is 18.6 Å². The normalized spacial score (nSPS) is 10.2. The summed E-state index contributed by atoms with van der Waals surface area (Å²) >= 11 is 1.09. The molecule has 0 unspecified atom stereocenters. The van der Waals surface area contributed by atoms with E-state index in [1.807, 2.05) is 0 Å². The van der Waals surface area contributed by atoms with Gasteiger partial charge in [-0.1, -0.05) is 4.49 Å². The van der Waals surface area contributed by atoms with E-state index in [4.69, 9.17) is 0 Å². The molecule has 2 heterocycles. The number of imidazole rings is 1. The van der Waals surface area contributed by atoms with Crippen molar-refractivity contribution in [2.75, 3.05) is 7.05 Å². The number of hydrogen-bond acceptors (Lipinski definition) is 5. The van der Waals surface area contributed by atoms with Crippen molar-refractivity contribution in [2.24, 2.45) is 0 Å². The first kappa shape index (κ1) is 9.78. The van der Waals surface area contributed by atoms with E-state index in [0.29, 0.717) is 11.4 Å². The number of nitrogens with one attached hydrogen (secondary N) is 1. The molecule has 78 valence electrons.